The summed E-state index contributed by atoms with van der Waals surface area (Å²) in [5.41, 5.74) is -0.387. The fourth-order valence-electron chi connectivity index (χ4n) is 2.58. The molecular formula is C15H15ClF3NO. The van der Waals surface area contributed by atoms with Crippen molar-refractivity contribution < 1.29 is 18.0 Å². The third-order valence-electron chi connectivity index (χ3n) is 3.85. The number of halogens is 4. The van der Waals surface area contributed by atoms with Crippen LogP contribution in [0.5, 0.6) is 0 Å². The van der Waals surface area contributed by atoms with Crippen LogP contribution in [0.4, 0.5) is 18.9 Å². The highest BCUT2D eigenvalue weighted by Gasteiger charge is 2.60. The second kappa shape index (κ2) is 5.37. The molecule has 0 saturated heterocycles. The molecule has 21 heavy (non-hydrogen) atoms. The molecule has 2 nitrogen and oxygen atoms in total. The number of allylic oxidation sites excluding steroid dienone is 2. The molecule has 0 spiro atoms. The summed E-state index contributed by atoms with van der Waals surface area (Å²) in [4.78, 5) is 12.2. The zero-order chi connectivity index (χ0) is 15.9. The van der Waals surface area contributed by atoms with Crippen LogP contribution in [-0.4, -0.2) is 5.91 Å². The van der Waals surface area contributed by atoms with Crippen LogP contribution < -0.4 is 5.32 Å². The topological polar surface area (TPSA) is 29.1 Å². The van der Waals surface area contributed by atoms with E-state index in [9.17, 15) is 18.0 Å². The third kappa shape index (κ3) is 3.07. The summed E-state index contributed by atoms with van der Waals surface area (Å²) in [5, 5.41) is 3.00. The van der Waals surface area contributed by atoms with Crippen molar-refractivity contribution in [1.29, 1.82) is 0 Å². The molecule has 0 bridgehead atoms. The van der Waals surface area contributed by atoms with Crippen LogP contribution in [0.3, 0.4) is 0 Å². The summed E-state index contributed by atoms with van der Waals surface area (Å²) in [6.45, 7) is 5.53. The minimum Gasteiger partial charge on any atom is -0.326 e. The Morgan fingerprint density at radius 3 is 2.29 bits per heavy atom. The molecule has 1 aromatic rings. The Morgan fingerprint density at radius 1 is 1.29 bits per heavy atom. The first-order chi connectivity index (χ1) is 9.64. The lowest BCUT2D eigenvalue weighted by atomic mass is 10.1. The van der Waals surface area contributed by atoms with E-state index in [1.165, 1.54) is 0 Å². The van der Waals surface area contributed by atoms with Gasteiger partial charge in [-0.1, -0.05) is 31.5 Å². The van der Waals surface area contributed by atoms with E-state index < -0.39 is 17.5 Å². The second-order valence-corrected chi connectivity index (χ2v) is 6.42. The molecule has 6 heteroatoms. The van der Waals surface area contributed by atoms with Gasteiger partial charge in [-0.25, -0.2) is 13.2 Å². The summed E-state index contributed by atoms with van der Waals surface area (Å²) >= 11 is 5.82. The number of hydrogen-bond acceptors (Lipinski definition) is 1. The summed E-state index contributed by atoms with van der Waals surface area (Å²) in [6.07, 6.45) is 1.79. The van der Waals surface area contributed by atoms with Crippen molar-refractivity contribution in [2.45, 2.75) is 20.8 Å². The maximum absolute atomic E-state index is 13.1. The largest absolute Gasteiger partial charge is 0.326 e. The Balaban J connectivity index is 2.15. The lowest BCUT2D eigenvalue weighted by Gasteiger charge is -2.07. The second-order valence-electron chi connectivity index (χ2n) is 5.82. The molecule has 1 aliphatic rings. The van der Waals surface area contributed by atoms with Gasteiger partial charge in [-0.15, -0.1) is 0 Å². The lowest BCUT2D eigenvalue weighted by Crippen LogP contribution is -2.17. The molecule has 1 N–H and O–H groups in total. The fourth-order valence-corrected chi connectivity index (χ4v) is 2.72. The first kappa shape index (κ1) is 15.9. The van der Waals surface area contributed by atoms with Crippen molar-refractivity contribution in [2.75, 3.05) is 5.32 Å². The Labute approximate surface area is 126 Å². The van der Waals surface area contributed by atoms with Crippen LogP contribution in [0.1, 0.15) is 20.8 Å². The minimum atomic E-state index is -1.56. The van der Waals surface area contributed by atoms with Gasteiger partial charge in [0.25, 0.3) is 0 Å². The number of carbonyl (C=O) groups excluding carboxylic acids is 1. The van der Waals surface area contributed by atoms with Crippen molar-refractivity contribution in [3.63, 3.8) is 0 Å². The Bertz CT molecular complexity index is 600. The summed E-state index contributed by atoms with van der Waals surface area (Å²) in [6, 6.07) is 1.51. The van der Waals surface area contributed by atoms with Gasteiger partial charge in [0.1, 0.15) is 0 Å². The number of benzene rings is 1. The standard InChI is InChI=1S/C15H15ClF3NO/c1-7(16)4-9-12(15(9,2)3)14(21)20-8-5-10(17)13(19)11(18)6-8/h4-6,9,12H,1-3H3,(H,20,21)/b7-4-/t9-,12+/m1/s1. The summed E-state index contributed by atoms with van der Waals surface area (Å²) in [5.74, 6) is -4.99. The van der Waals surface area contributed by atoms with Gasteiger partial charge in [-0.2, -0.15) is 0 Å². The molecule has 2 atom stereocenters. The molecular weight excluding hydrogens is 303 g/mol. The Morgan fingerprint density at radius 2 is 1.81 bits per heavy atom. The van der Waals surface area contributed by atoms with Crippen LogP contribution in [-0.2, 0) is 4.79 Å². The number of nitrogens with one attached hydrogen (secondary N) is 1. The van der Waals surface area contributed by atoms with Gasteiger partial charge in [-0.3, -0.25) is 4.79 Å². The van der Waals surface area contributed by atoms with Crippen molar-refractivity contribution in [3.8, 4) is 0 Å². The highest BCUT2D eigenvalue weighted by Crippen LogP contribution is 2.59. The molecule has 1 saturated carbocycles. The molecule has 1 amide bonds. The van der Waals surface area contributed by atoms with Gasteiger partial charge in [0.2, 0.25) is 5.91 Å². The van der Waals surface area contributed by atoms with E-state index in [0.717, 1.165) is 12.1 Å². The van der Waals surface area contributed by atoms with Crippen LogP contribution in [0, 0.1) is 34.7 Å². The molecule has 0 radical (unpaired) electrons. The normalized spacial score (nSPS) is 23.9. The third-order valence-corrected chi connectivity index (χ3v) is 3.98. The molecule has 1 fully saturated rings. The van der Waals surface area contributed by atoms with Crippen molar-refractivity contribution >= 4 is 23.2 Å². The number of carbonyl (C=O) groups is 1. The monoisotopic (exact) mass is 317 g/mol. The number of hydrogen-bond donors (Lipinski definition) is 1. The van der Waals surface area contributed by atoms with Crippen molar-refractivity contribution in [3.05, 3.63) is 40.7 Å². The van der Waals surface area contributed by atoms with E-state index in [1.807, 2.05) is 13.8 Å². The highest BCUT2D eigenvalue weighted by molar-refractivity contribution is 6.29. The van der Waals surface area contributed by atoms with E-state index in [-0.39, 0.29) is 28.8 Å². The lowest BCUT2D eigenvalue weighted by molar-refractivity contribution is -0.118. The van der Waals surface area contributed by atoms with E-state index in [4.69, 9.17) is 11.6 Å². The predicted octanol–water partition coefficient (Wildman–Crippen LogP) is 4.46. The number of anilines is 1. The molecule has 0 aliphatic heterocycles. The van der Waals surface area contributed by atoms with Gasteiger partial charge < -0.3 is 5.32 Å². The van der Waals surface area contributed by atoms with Crippen LogP contribution in [0.2, 0.25) is 0 Å². The molecule has 0 aromatic heterocycles. The summed E-state index contributed by atoms with van der Waals surface area (Å²) < 4.78 is 39.1. The first-order valence-corrected chi connectivity index (χ1v) is 6.81. The molecule has 1 aromatic carbocycles. The van der Waals surface area contributed by atoms with E-state index >= 15 is 0 Å². The zero-order valence-electron chi connectivity index (χ0n) is 11.8. The SMILES string of the molecule is C/C(Cl)=C/[C@@H]1[C@@H](C(=O)Nc2cc(F)c(F)c(F)c2)C1(C)C. The van der Waals surface area contributed by atoms with Gasteiger partial charge in [-0.05, 0) is 18.3 Å². The molecule has 0 unspecified atom stereocenters. The van der Waals surface area contributed by atoms with E-state index in [1.54, 1.807) is 13.0 Å². The smallest absolute Gasteiger partial charge is 0.228 e. The Kier molecular flexibility index (Phi) is 4.06. The van der Waals surface area contributed by atoms with Crippen molar-refractivity contribution in [1.82, 2.24) is 0 Å². The van der Waals surface area contributed by atoms with Crippen LogP contribution in [0.25, 0.3) is 0 Å². The zero-order valence-corrected chi connectivity index (χ0v) is 12.6. The molecule has 0 heterocycles. The first-order valence-electron chi connectivity index (χ1n) is 6.44. The van der Waals surface area contributed by atoms with E-state index in [2.05, 4.69) is 5.32 Å². The maximum Gasteiger partial charge on any atom is 0.228 e. The number of amides is 1. The van der Waals surface area contributed by atoms with Gasteiger partial charge in [0, 0.05) is 22.9 Å². The number of rotatable bonds is 3. The van der Waals surface area contributed by atoms with Gasteiger partial charge in [0.15, 0.2) is 17.5 Å². The van der Waals surface area contributed by atoms with Gasteiger partial charge >= 0.3 is 0 Å². The Hall–Kier alpha value is -1.49. The summed E-state index contributed by atoms with van der Waals surface area (Å²) in [7, 11) is 0. The molecule has 1 aliphatic carbocycles. The predicted molar refractivity (Wildman–Crippen MR) is 75.3 cm³/mol. The minimum absolute atomic E-state index is 0.0369. The fraction of sp³-hybridized carbons (Fsp3) is 0.400. The quantitative estimate of drug-likeness (QED) is 0.819. The van der Waals surface area contributed by atoms with E-state index in [0.29, 0.717) is 5.03 Å². The highest BCUT2D eigenvalue weighted by atomic mass is 35.5. The van der Waals surface area contributed by atoms with Crippen molar-refractivity contribution in [2.24, 2.45) is 17.3 Å². The van der Waals surface area contributed by atoms with Crippen LogP contribution >= 0.6 is 11.6 Å². The van der Waals surface area contributed by atoms with Crippen LogP contribution in [0.15, 0.2) is 23.2 Å². The van der Waals surface area contributed by atoms with Gasteiger partial charge in [0.05, 0.1) is 5.92 Å². The maximum atomic E-state index is 13.1. The molecule has 114 valence electrons. The molecule has 2 rings (SSSR count). The average Bonchev–Trinajstić information content (AvgIpc) is 2.86. The average molecular weight is 318 g/mol.